The van der Waals surface area contributed by atoms with Crippen molar-refractivity contribution in [2.75, 3.05) is 18.6 Å². The summed E-state index contributed by atoms with van der Waals surface area (Å²) < 4.78 is 10.1. The van der Waals surface area contributed by atoms with Crippen LogP contribution in [0.2, 0.25) is 0 Å². The molecule has 1 aromatic carbocycles. The molecule has 0 saturated carbocycles. The normalized spacial score (nSPS) is 10.4. The third kappa shape index (κ3) is 4.09. The maximum atomic E-state index is 12.4. The zero-order valence-corrected chi connectivity index (χ0v) is 13.2. The fourth-order valence-electron chi connectivity index (χ4n) is 2.08. The van der Waals surface area contributed by atoms with Gasteiger partial charge in [0.1, 0.15) is 11.5 Å². The van der Waals surface area contributed by atoms with E-state index in [1.165, 1.54) is 4.90 Å². The minimum Gasteiger partial charge on any atom is -0.482 e. The van der Waals surface area contributed by atoms with E-state index in [1.54, 1.807) is 45.2 Å². The molecule has 0 saturated heterocycles. The van der Waals surface area contributed by atoms with Crippen LogP contribution in [0.1, 0.15) is 17.0 Å². The topological polar surface area (TPSA) is 92.9 Å². The second kappa shape index (κ2) is 6.95. The Balaban J connectivity index is 2.03. The van der Waals surface area contributed by atoms with Crippen LogP contribution in [0.25, 0.3) is 0 Å². The summed E-state index contributed by atoms with van der Waals surface area (Å²) in [5.41, 5.74) is 2.19. The number of nitrogens with zero attached hydrogens (tertiary/aromatic N) is 2. The average Bonchev–Trinajstić information content (AvgIpc) is 2.84. The summed E-state index contributed by atoms with van der Waals surface area (Å²) in [7, 11) is 1.67. The number of carbonyl (C=O) groups is 2. The predicted molar refractivity (Wildman–Crippen MR) is 82.7 cm³/mol. The SMILES string of the molecule is Cc1noc(C)c1CC(=O)N(C)c1ccc(OCC(=O)O)cc1. The molecule has 0 radical (unpaired) electrons. The lowest BCUT2D eigenvalue weighted by Gasteiger charge is -2.17. The summed E-state index contributed by atoms with van der Waals surface area (Å²) in [6, 6.07) is 6.64. The van der Waals surface area contributed by atoms with Gasteiger partial charge in [0.25, 0.3) is 0 Å². The number of aliphatic carboxylic acids is 1. The van der Waals surface area contributed by atoms with Crippen LogP contribution in [0.4, 0.5) is 5.69 Å². The zero-order chi connectivity index (χ0) is 17.0. The molecule has 2 aromatic rings. The number of aryl methyl sites for hydroxylation is 2. The quantitative estimate of drug-likeness (QED) is 0.875. The van der Waals surface area contributed by atoms with Crippen LogP contribution < -0.4 is 9.64 Å². The predicted octanol–water partition coefficient (Wildman–Crippen LogP) is 1.96. The highest BCUT2D eigenvalue weighted by atomic mass is 16.5. The number of aromatic nitrogens is 1. The molecule has 122 valence electrons. The molecule has 2 rings (SSSR count). The van der Waals surface area contributed by atoms with E-state index in [4.69, 9.17) is 14.4 Å². The molecular formula is C16H18N2O5. The smallest absolute Gasteiger partial charge is 0.341 e. The van der Waals surface area contributed by atoms with Gasteiger partial charge in [0.15, 0.2) is 6.61 Å². The average molecular weight is 318 g/mol. The molecule has 0 aliphatic heterocycles. The Morgan fingerprint density at radius 1 is 1.26 bits per heavy atom. The fourth-order valence-corrected chi connectivity index (χ4v) is 2.08. The summed E-state index contributed by atoms with van der Waals surface area (Å²) in [5, 5.41) is 12.4. The molecule has 0 aliphatic rings. The van der Waals surface area contributed by atoms with E-state index < -0.39 is 12.6 Å². The number of likely N-dealkylation sites (N-methyl/N-ethyl adjacent to an activating group) is 1. The second-order valence-electron chi connectivity index (χ2n) is 5.11. The summed E-state index contributed by atoms with van der Waals surface area (Å²) in [6.45, 7) is 3.17. The third-order valence-corrected chi connectivity index (χ3v) is 3.47. The molecule has 0 unspecified atom stereocenters. The van der Waals surface area contributed by atoms with E-state index in [-0.39, 0.29) is 12.3 Å². The molecule has 0 fully saturated rings. The Labute approximate surface area is 133 Å². The highest BCUT2D eigenvalue weighted by molar-refractivity contribution is 5.94. The summed E-state index contributed by atoms with van der Waals surface area (Å²) in [6.07, 6.45) is 0.203. The van der Waals surface area contributed by atoms with Gasteiger partial charge in [-0.25, -0.2) is 4.79 Å². The molecule has 7 nitrogen and oxygen atoms in total. The van der Waals surface area contributed by atoms with Crippen molar-refractivity contribution in [3.63, 3.8) is 0 Å². The summed E-state index contributed by atoms with van der Waals surface area (Å²) >= 11 is 0. The van der Waals surface area contributed by atoms with Crippen LogP contribution in [0.5, 0.6) is 5.75 Å². The number of rotatable bonds is 6. The maximum absolute atomic E-state index is 12.4. The van der Waals surface area contributed by atoms with Crippen molar-refractivity contribution >= 4 is 17.6 Å². The Bertz CT molecular complexity index is 686. The Kier molecular flexibility index (Phi) is 5.00. The number of benzene rings is 1. The van der Waals surface area contributed by atoms with E-state index >= 15 is 0 Å². The molecule has 0 spiro atoms. The van der Waals surface area contributed by atoms with E-state index in [9.17, 15) is 9.59 Å². The van der Waals surface area contributed by atoms with Crippen molar-refractivity contribution in [3.8, 4) is 5.75 Å². The monoisotopic (exact) mass is 318 g/mol. The first-order chi connectivity index (χ1) is 10.9. The van der Waals surface area contributed by atoms with Crippen molar-refractivity contribution < 1.29 is 24.0 Å². The Hall–Kier alpha value is -2.83. The van der Waals surface area contributed by atoms with Crippen molar-refractivity contribution in [2.45, 2.75) is 20.3 Å². The van der Waals surface area contributed by atoms with E-state index in [1.807, 2.05) is 0 Å². The molecule has 0 bridgehead atoms. The molecule has 0 atom stereocenters. The van der Waals surface area contributed by atoms with Crippen molar-refractivity contribution in [1.29, 1.82) is 0 Å². The number of carboxylic acids is 1. The van der Waals surface area contributed by atoms with Gasteiger partial charge in [0.2, 0.25) is 5.91 Å². The Morgan fingerprint density at radius 2 is 1.91 bits per heavy atom. The first-order valence-electron chi connectivity index (χ1n) is 7.01. The first kappa shape index (κ1) is 16.5. The zero-order valence-electron chi connectivity index (χ0n) is 13.2. The molecule has 1 aromatic heterocycles. The van der Waals surface area contributed by atoms with Crippen LogP contribution in [-0.4, -0.2) is 35.8 Å². The minimum atomic E-state index is -1.04. The van der Waals surface area contributed by atoms with Crippen LogP contribution >= 0.6 is 0 Å². The third-order valence-electron chi connectivity index (χ3n) is 3.47. The first-order valence-corrected chi connectivity index (χ1v) is 7.01. The number of anilines is 1. The lowest BCUT2D eigenvalue weighted by atomic mass is 10.1. The minimum absolute atomic E-state index is 0.0985. The highest BCUT2D eigenvalue weighted by Gasteiger charge is 2.17. The largest absolute Gasteiger partial charge is 0.482 e. The maximum Gasteiger partial charge on any atom is 0.341 e. The van der Waals surface area contributed by atoms with Gasteiger partial charge in [-0.3, -0.25) is 4.79 Å². The van der Waals surface area contributed by atoms with Crippen molar-refractivity contribution in [1.82, 2.24) is 5.16 Å². The number of carboxylic acid groups (broad SMARTS) is 1. The van der Waals surface area contributed by atoms with Gasteiger partial charge in [0, 0.05) is 18.3 Å². The molecule has 1 amide bonds. The van der Waals surface area contributed by atoms with Gasteiger partial charge in [-0.05, 0) is 38.1 Å². The molecule has 23 heavy (non-hydrogen) atoms. The molecule has 7 heteroatoms. The molecule has 1 N–H and O–H groups in total. The van der Waals surface area contributed by atoms with Gasteiger partial charge >= 0.3 is 5.97 Å². The van der Waals surface area contributed by atoms with Gasteiger partial charge in [-0.2, -0.15) is 0 Å². The van der Waals surface area contributed by atoms with E-state index in [2.05, 4.69) is 5.16 Å². The van der Waals surface area contributed by atoms with Gasteiger partial charge in [0.05, 0.1) is 12.1 Å². The van der Waals surface area contributed by atoms with Crippen LogP contribution in [0.15, 0.2) is 28.8 Å². The fraction of sp³-hybridized carbons (Fsp3) is 0.312. The summed E-state index contributed by atoms with van der Waals surface area (Å²) in [4.78, 5) is 24.3. The van der Waals surface area contributed by atoms with Crippen LogP contribution in [0, 0.1) is 13.8 Å². The molecular weight excluding hydrogens is 300 g/mol. The second-order valence-corrected chi connectivity index (χ2v) is 5.11. The van der Waals surface area contributed by atoms with Crippen LogP contribution in [-0.2, 0) is 16.0 Å². The Morgan fingerprint density at radius 3 is 2.43 bits per heavy atom. The van der Waals surface area contributed by atoms with Gasteiger partial charge < -0.3 is 19.3 Å². The molecule has 1 heterocycles. The standard InChI is InChI=1S/C16H18N2O5/c1-10-14(11(2)23-17-10)8-15(19)18(3)12-4-6-13(7-5-12)22-9-16(20)21/h4-7H,8-9H2,1-3H3,(H,20,21). The number of ether oxygens (including phenoxy) is 1. The number of amides is 1. The lowest BCUT2D eigenvalue weighted by molar-refractivity contribution is -0.139. The van der Waals surface area contributed by atoms with Gasteiger partial charge in [-0.15, -0.1) is 0 Å². The lowest BCUT2D eigenvalue weighted by Crippen LogP contribution is -2.28. The summed E-state index contributed by atoms with van der Waals surface area (Å²) in [5.74, 6) is -0.0659. The number of hydrogen-bond donors (Lipinski definition) is 1. The highest BCUT2D eigenvalue weighted by Crippen LogP contribution is 2.20. The van der Waals surface area contributed by atoms with Crippen molar-refractivity contribution in [2.24, 2.45) is 0 Å². The van der Waals surface area contributed by atoms with Crippen LogP contribution in [0.3, 0.4) is 0 Å². The van der Waals surface area contributed by atoms with E-state index in [0.29, 0.717) is 22.9 Å². The van der Waals surface area contributed by atoms with Gasteiger partial charge in [-0.1, -0.05) is 5.16 Å². The van der Waals surface area contributed by atoms with Crippen molar-refractivity contribution in [3.05, 3.63) is 41.3 Å². The van der Waals surface area contributed by atoms with E-state index in [0.717, 1.165) is 5.56 Å². The molecule has 0 aliphatic carbocycles. The number of hydrogen-bond acceptors (Lipinski definition) is 5. The number of carbonyl (C=O) groups excluding carboxylic acids is 1.